The van der Waals surface area contributed by atoms with Gasteiger partial charge in [-0.1, -0.05) is 42.6 Å². The summed E-state index contributed by atoms with van der Waals surface area (Å²) in [6.07, 6.45) is 5.58. The molecule has 3 fully saturated rings. The molecule has 7 nitrogen and oxygen atoms in total. The van der Waals surface area contributed by atoms with Crippen LogP contribution in [-0.4, -0.2) is 84.9 Å². The molecule has 0 spiro atoms. The van der Waals surface area contributed by atoms with E-state index in [1.165, 1.54) is 30.6 Å². The molecule has 2 heterocycles. The Morgan fingerprint density at radius 2 is 1.82 bits per heavy atom. The van der Waals surface area contributed by atoms with Gasteiger partial charge in [0.25, 0.3) is 0 Å². The van der Waals surface area contributed by atoms with Gasteiger partial charge in [-0.05, 0) is 30.9 Å². The van der Waals surface area contributed by atoms with Crippen LogP contribution in [0, 0.1) is 0 Å². The quantitative estimate of drug-likeness (QED) is 0.427. The number of hydrogen-bond donors (Lipinski definition) is 0. The number of imide groups is 1. The monoisotopic (exact) mass is 475 g/mol. The average molecular weight is 476 g/mol. The number of methoxy groups -OCH3 is 1. The fraction of sp³-hybridized carbons (Fsp3) is 0.640. The summed E-state index contributed by atoms with van der Waals surface area (Å²) in [5, 5.41) is 0.413. The number of piperazine rings is 1. The second kappa shape index (κ2) is 10.5. The number of ether oxygens (including phenoxy) is 1. The van der Waals surface area contributed by atoms with Crippen LogP contribution >= 0.6 is 11.6 Å². The fourth-order valence-corrected chi connectivity index (χ4v) is 5.98. The smallest absolute Gasteiger partial charge is 0.240 e. The zero-order valence-corrected chi connectivity index (χ0v) is 20.2. The van der Waals surface area contributed by atoms with Gasteiger partial charge in [0.05, 0.1) is 5.41 Å². The van der Waals surface area contributed by atoms with Crippen LogP contribution in [0.4, 0.5) is 0 Å². The minimum atomic E-state index is -1.25. The lowest BCUT2D eigenvalue weighted by molar-refractivity contribution is -0.143. The third-order valence-corrected chi connectivity index (χ3v) is 7.82. The van der Waals surface area contributed by atoms with Crippen molar-refractivity contribution in [2.75, 3.05) is 46.4 Å². The molecule has 1 atom stereocenters. The van der Waals surface area contributed by atoms with E-state index >= 15 is 0 Å². The Bertz CT molecular complexity index is 880. The molecule has 0 radical (unpaired) electrons. The van der Waals surface area contributed by atoms with Crippen LogP contribution in [0.2, 0.25) is 5.02 Å². The minimum absolute atomic E-state index is 0.0314. The lowest BCUT2D eigenvalue weighted by atomic mass is 9.75. The molecule has 4 rings (SSSR count). The highest BCUT2D eigenvalue weighted by Gasteiger charge is 2.54. The largest absolute Gasteiger partial charge is 0.385 e. The van der Waals surface area contributed by atoms with E-state index in [0.717, 1.165) is 13.1 Å². The van der Waals surface area contributed by atoms with Crippen molar-refractivity contribution in [3.8, 4) is 0 Å². The lowest BCUT2D eigenvalue weighted by Crippen LogP contribution is -2.53. The predicted molar refractivity (Wildman–Crippen MR) is 126 cm³/mol. The van der Waals surface area contributed by atoms with E-state index in [2.05, 4.69) is 4.90 Å². The Balaban J connectivity index is 1.51. The molecule has 1 aromatic carbocycles. The van der Waals surface area contributed by atoms with Gasteiger partial charge in [-0.15, -0.1) is 0 Å². The fourth-order valence-electron chi connectivity index (χ4n) is 5.66. The van der Waals surface area contributed by atoms with E-state index in [9.17, 15) is 14.4 Å². The molecule has 1 aliphatic carbocycles. The van der Waals surface area contributed by atoms with Gasteiger partial charge in [0, 0.05) is 70.3 Å². The van der Waals surface area contributed by atoms with Crippen LogP contribution in [0.25, 0.3) is 0 Å². The van der Waals surface area contributed by atoms with Crippen molar-refractivity contribution in [1.29, 1.82) is 0 Å². The zero-order chi connectivity index (χ0) is 23.4. The molecule has 0 unspecified atom stereocenters. The number of halogens is 1. The second-order valence-corrected chi connectivity index (χ2v) is 9.87. The first-order valence-corrected chi connectivity index (χ1v) is 12.4. The maximum absolute atomic E-state index is 13.7. The highest BCUT2D eigenvalue weighted by atomic mass is 35.5. The van der Waals surface area contributed by atoms with Gasteiger partial charge in [0.2, 0.25) is 17.7 Å². The van der Waals surface area contributed by atoms with Crippen molar-refractivity contribution in [3.63, 3.8) is 0 Å². The Kier molecular flexibility index (Phi) is 7.72. The summed E-state index contributed by atoms with van der Waals surface area (Å²) in [6, 6.07) is 7.73. The summed E-state index contributed by atoms with van der Waals surface area (Å²) in [5.41, 5.74) is -0.681. The van der Waals surface area contributed by atoms with Crippen LogP contribution in [0.5, 0.6) is 0 Å². The number of carbonyl (C=O) groups excluding carboxylic acids is 3. The number of benzene rings is 1. The number of likely N-dealkylation sites (tertiary alicyclic amines) is 1. The molecular weight excluding hydrogens is 442 g/mol. The molecule has 1 saturated carbocycles. The van der Waals surface area contributed by atoms with E-state index in [-0.39, 0.29) is 37.1 Å². The summed E-state index contributed by atoms with van der Waals surface area (Å²) in [5.74, 6) is -0.662. The maximum Gasteiger partial charge on any atom is 0.240 e. The van der Waals surface area contributed by atoms with Crippen molar-refractivity contribution in [2.24, 2.45) is 0 Å². The third-order valence-electron chi connectivity index (χ3n) is 7.49. The first-order chi connectivity index (χ1) is 16.0. The number of nitrogens with zero attached hydrogens (tertiary/aromatic N) is 3. The molecule has 2 saturated heterocycles. The molecule has 0 bridgehead atoms. The van der Waals surface area contributed by atoms with E-state index in [1.54, 1.807) is 31.4 Å². The first-order valence-electron chi connectivity index (χ1n) is 12.1. The van der Waals surface area contributed by atoms with Crippen LogP contribution in [-0.2, 0) is 24.5 Å². The van der Waals surface area contributed by atoms with E-state index in [4.69, 9.17) is 16.3 Å². The van der Waals surface area contributed by atoms with Gasteiger partial charge in [-0.3, -0.25) is 24.2 Å². The Morgan fingerprint density at radius 3 is 2.48 bits per heavy atom. The van der Waals surface area contributed by atoms with Gasteiger partial charge < -0.3 is 9.64 Å². The van der Waals surface area contributed by atoms with Crippen LogP contribution < -0.4 is 0 Å². The van der Waals surface area contributed by atoms with E-state index < -0.39 is 5.41 Å². The number of hydrogen-bond acceptors (Lipinski definition) is 5. The Labute approximate surface area is 201 Å². The van der Waals surface area contributed by atoms with Crippen molar-refractivity contribution in [2.45, 2.75) is 56.4 Å². The van der Waals surface area contributed by atoms with Crippen molar-refractivity contribution >= 4 is 29.3 Å². The van der Waals surface area contributed by atoms with Gasteiger partial charge in [-0.25, -0.2) is 0 Å². The minimum Gasteiger partial charge on any atom is -0.385 e. The van der Waals surface area contributed by atoms with Crippen LogP contribution in [0.3, 0.4) is 0 Å². The van der Waals surface area contributed by atoms with Crippen molar-refractivity contribution in [3.05, 3.63) is 34.9 Å². The summed E-state index contributed by atoms with van der Waals surface area (Å²) in [7, 11) is 1.59. The lowest BCUT2D eigenvalue weighted by Gasteiger charge is -2.39. The molecular formula is C25H34ClN3O4. The van der Waals surface area contributed by atoms with Gasteiger partial charge in [-0.2, -0.15) is 0 Å². The van der Waals surface area contributed by atoms with Gasteiger partial charge in [0.1, 0.15) is 0 Å². The first kappa shape index (κ1) is 24.2. The number of carbonyl (C=O) groups is 3. The number of amides is 3. The van der Waals surface area contributed by atoms with E-state index in [1.807, 2.05) is 4.90 Å². The third kappa shape index (κ3) is 4.96. The van der Waals surface area contributed by atoms with Crippen LogP contribution in [0.15, 0.2) is 24.3 Å². The highest BCUT2D eigenvalue weighted by Crippen LogP contribution is 2.43. The van der Waals surface area contributed by atoms with Gasteiger partial charge >= 0.3 is 0 Å². The normalized spacial score (nSPS) is 24.8. The second-order valence-electron chi connectivity index (χ2n) is 9.47. The molecule has 1 aromatic rings. The highest BCUT2D eigenvalue weighted by molar-refractivity contribution is 6.32. The topological polar surface area (TPSA) is 70.2 Å². The van der Waals surface area contributed by atoms with Crippen molar-refractivity contribution < 1.29 is 19.1 Å². The average Bonchev–Trinajstić information content (AvgIpc) is 3.43. The molecule has 180 valence electrons. The number of rotatable bonds is 8. The van der Waals surface area contributed by atoms with E-state index in [0.29, 0.717) is 42.7 Å². The van der Waals surface area contributed by atoms with Gasteiger partial charge in [0.15, 0.2) is 0 Å². The molecule has 3 amide bonds. The summed E-state index contributed by atoms with van der Waals surface area (Å²) in [6.45, 7) is 3.80. The molecule has 0 N–H and O–H groups in total. The molecule has 0 aromatic heterocycles. The summed E-state index contributed by atoms with van der Waals surface area (Å²) in [4.78, 5) is 45.7. The molecule has 2 aliphatic heterocycles. The summed E-state index contributed by atoms with van der Waals surface area (Å²) < 4.78 is 5.08. The molecule has 3 aliphatic rings. The Hall–Kier alpha value is -1.96. The summed E-state index contributed by atoms with van der Waals surface area (Å²) >= 11 is 6.51. The predicted octanol–water partition coefficient (Wildman–Crippen LogP) is 2.85. The zero-order valence-electron chi connectivity index (χ0n) is 19.4. The molecule has 8 heteroatoms. The standard InChI is InChI=1S/C25H34ClN3O4/c1-33-16-6-11-29-23(31)18-25(24(29)32,20-9-4-5-10-21(20)26)17-22(30)28-14-12-27(13-15-28)19-7-2-3-8-19/h4-5,9-10,19H,2-3,6-8,11-18H2,1H3/t25-/m1/s1. The van der Waals surface area contributed by atoms with Crippen LogP contribution in [0.1, 0.15) is 50.5 Å². The van der Waals surface area contributed by atoms with Crippen molar-refractivity contribution in [1.82, 2.24) is 14.7 Å². The maximum atomic E-state index is 13.7. The SMILES string of the molecule is COCCCN1C(=O)C[C@](CC(=O)N2CCN(C3CCCC3)CC2)(c2ccccc2Cl)C1=O. The molecule has 33 heavy (non-hydrogen) atoms. The Morgan fingerprint density at radius 1 is 1.12 bits per heavy atom.